The Labute approximate surface area is 164 Å². The standard InChI is InChI=1S/C20H27N5O3/c1-24(2)13-11-21-20(27)18-23-17(15-9-6-7-12-25(15)18)19(26)22-14-8-4-5-10-16(14)28-3/h4-5,8,10H,6-7,9,11-13H2,1-3H3,(H,21,27)(H,22,26). The van der Waals surface area contributed by atoms with E-state index in [1.165, 1.54) is 0 Å². The number of imidazole rings is 1. The lowest BCUT2D eigenvalue weighted by Gasteiger charge is -2.17. The molecular weight excluding hydrogens is 358 g/mol. The fourth-order valence-electron chi connectivity index (χ4n) is 3.30. The van der Waals surface area contributed by atoms with Gasteiger partial charge in [0.25, 0.3) is 11.8 Å². The summed E-state index contributed by atoms with van der Waals surface area (Å²) in [7, 11) is 5.45. The lowest BCUT2D eigenvalue weighted by Crippen LogP contribution is -2.33. The van der Waals surface area contributed by atoms with Crippen LogP contribution in [0.25, 0.3) is 0 Å². The van der Waals surface area contributed by atoms with Gasteiger partial charge >= 0.3 is 0 Å². The van der Waals surface area contributed by atoms with Gasteiger partial charge in [-0.3, -0.25) is 9.59 Å². The Morgan fingerprint density at radius 3 is 2.75 bits per heavy atom. The normalized spacial score (nSPS) is 13.1. The van der Waals surface area contributed by atoms with E-state index < -0.39 is 0 Å². The van der Waals surface area contributed by atoms with Gasteiger partial charge in [-0.25, -0.2) is 4.98 Å². The van der Waals surface area contributed by atoms with Crippen LogP contribution in [0.3, 0.4) is 0 Å². The molecule has 1 aromatic carbocycles. The fraction of sp³-hybridized carbons (Fsp3) is 0.450. The first-order valence-corrected chi connectivity index (χ1v) is 9.48. The summed E-state index contributed by atoms with van der Waals surface area (Å²) in [5.74, 6) is 0.299. The highest BCUT2D eigenvalue weighted by Gasteiger charge is 2.27. The maximum Gasteiger partial charge on any atom is 0.287 e. The van der Waals surface area contributed by atoms with Crippen LogP contribution in [0.4, 0.5) is 5.69 Å². The number of aromatic nitrogens is 2. The average molecular weight is 385 g/mol. The Hall–Kier alpha value is -2.87. The van der Waals surface area contributed by atoms with Crippen molar-refractivity contribution in [1.29, 1.82) is 0 Å². The van der Waals surface area contributed by atoms with Crippen molar-refractivity contribution in [2.75, 3.05) is 39.6 Å². The number of hydrogen-bond acceptors (Lipinski definition) is 5. The van der Waals surface area contributed by atoms with Crippen molar-refractivity contribution >= 4 is 17.5 Å². The number of anilines is 1. The highest BCUT2D eigenvalue weighted by molar-refractivity contribution is 6.05. The van der Waals surface area contributed by atoms with Gasteiger partial charge in [0.2, 0.25) is 0 Å². The number of likely N-dealkylation sites (N-methyl/N-ethyl adjacent to an activating group) is 1. The lowest BCUT2D eigenvalue weighted by atomic mass is 10.1. The number of carbonyl (C=O) groups excluding carboxylic acids is 2. The van der Waals surface area contributed by atoms with Crippen LogP contribution in [0.2, 0.25) is 0 Å². The molecule has 0 fully saturated rings. The molecule has 2 amide bonds. The Balaban J connectivity index is 1.84. The summed E-state index contributed by atoms with van der Waals surface area (Å²) in [6, 6.07) is 7.21. The van der Waals surface area contributed by atoms with Crippen LogP contribution in [0.5, 0.6) is 5.75 Å². The number of amides is 2. The zero-order valence-electron chi connectivity index (χ0n) is 16.6. The van der Waals surface area contributed by atoms with Crippen LogP contribution in [0.15, 0.2) is 24.3 Å². The van der Waals surface area contributed by atoms with E-state index in [-0.39, 0.29) is 11.8 Å². The predicted molar refractivity (Wildman–Crippen MR) is 107 cm³/mol. The molecule has 3 rings (SSSR count). The maximum absolute atomic E-state index is 12.9. The van der Waals surface area contributed by atoms with Gasteiger partial charge in [0.1, 0.15) is 5.75 Å². The number of hydrogen-bond donors (Lipinski definition) is 2. The van der Waals surface area contributed by atoms with Crippen LogP contribution in [0, 0.1) is 0 Å². The average Bonchev–Trinajstić information content (AvgIpc) is 3.08. The van der Waals surface area contributed by atoms with E-state index in [9.17, 15) is 9.59 Å². The monoisotopic (exact) mass is 385 g/mol. The molecule has 0 atom stereocenters. The fourth-order valence-corrected chi connectivity index (χ4v) is 3.30. The molecule has 0 bridgehead atoms. The molecule has 0 aliphatic carbocycles. The Morgan fingerprint density at radius 1 is 1.21 bits per heavy atom. The molecule has 1 aliphatic rings. The first-order valence-electron chi connectivity index (χ1n) is 9.48. The van der Waals surface area contributed by atoms with Gasteiger partial charge in [0, 0.05) is 19.6 Å². The predicted octanol–water partition coefficient (Wildman–Crippen LogP) is 1.77. The van der Waals surface area contributed by atoms with Crippen molar-refractivity contribution in [2.45, 2.75) is 25.8 Å². The topological polar surface area (TPSA) is 88.5 Å². The van der Waals surface area contributed by atoms with E-state index in [0.717, 1.165) is 31.5 Å². The van der Waals surface area contributed by atoms with Gasteiger partial charge in [0.05, 0.1) is 18.5 Å². The van der Waals surface area contributed by atoms with E-state index in [2.05, 4.69) is 15.6 Å². The van der Waals surface area contributed by atoms with Crippen molar-refractivity contribution in [3.8, 4) is 5.75 Å². The number of fused-ring (bicyclic) bond motifs is 1. The number of benzene rings is 1. The molecule has 8 nitrogen and oxygen atoms in total. The van der Waals surface area contributed by atoms with Crippen molar-refractivity contribution in [2.24, 2.45) is 0 Å². The van der Waals surface area contributed by atoms with Crippen molar-refractivity contribution in [3.05, 3.63) is 41.5 Å². The van der Waals surface area contributed by atoms with E-state index in [4.69, 9.17) is 4.74 Å². The van der Waals surface area contributed by atoms with Crippen LogP contribution >= 0.6 is 0 Å². The van der Waals surface area contributed by atoms with Crippen LogP contribution in [-0.4, -0.2) is 60.6 Å². The summed E-state index contributed by atoms with van der Waals surface area (Å²) < 4.78 is 7.17. The summed E-state index contributed by atoms with van der Waals surface area (Å²) in [6.07, 6.45) is 2.67. The van der Waals surface area contributed by atoms with E-state index in [0.29, 0.717) is 36.0 Å². The molecule has 8 heteroatoms. The first-order chi connectivity index (χ1) is 13.5. The van der Waals surface area contributed by atoms with E-state index in [1.807, 2.05) is 35.7 Å². The smallest absolute Gasteiger partial charge is 0.287 e. The van der Waals surface area contributed by atoms with E-state index >= 15 is 0 Å². The molecule has 2 N–H and O–H groups in total. The number of nitrogens with one attached hydrogen (secondary N) is 2. The highest BCUT2D eigenvalue weighted by Crippen LogP contribution is 2.26. The van der Waals surface area contributed by atoms with Crippen molar-refractivity contribution < 1.29 is 14.3 Å². The molecule has 0 spiro atoms. The number of methoxy groups -OCH3 is 1. The van der Waals surface area contributed by atoms with Gasteiger partial charge in [-0.2, -0.15) is 0 Å². The van der Waals surface area contributed by atoms with Gasteiger partial charge in [-0.1, -0.05) is 12.1 Å². The third kappa shape index (κ3) is 4.33. The highest BCUT2D eigenvalue weighted by atomic mass is 16.5. The number of ether oxygens (including phenoxy) is 1. The molecule has 2 aromatic rings. The summed E-state index contributed by atoms with van der Waals surface area (Å²) in [4.78, 5) is 32.0. The van der Waals surface area contributed by atoms with Gasteiger partial charge in [0.15, 0.2) is 11.5 Å². The molecule has 0 saturated carbocycles. The molecular formula is C20H27N5O3. The summed E-state index contributed by atoms with van der Waals surface area (Å²) in [6.45, 7) is 1.96. The van der Waals surface area contributed by atoms with Gasteiger partial charge in [-0.05, 0) is 45.5 Å². The SMILES string of the molecule is COc1ccccc1NC(=O)c1nc(C(=O)NCCN(C)C)n2c1CCCC2. The molecule has 0 radical (unpaired) electrons. The molecule has 28 heavy (non-hydrogen) atoms. The maximum atomic E-state index is 12.9. The molecule has 1 aromatic heterocycles. The molecule has 2 heterocycles. The summed E-state index contributed by atoms with van der Waals surface area (Å²) in [5, 5.41) is 5.75. The van der Waals surface area contributed by atoms with Crippen molar-refractivity contribution in [3.63, 3.8) is 0 Å². The third-order valence-corrected chi connectivity index (χ3v) is 4.74. The van der Waals surface area contributed by atoms with E-state index in [1.54, 1.807) is 19.2 Å². The zero-order valence-corrected chi connectivity index (χ0v) is 16.6. The molecule has 150 valence electrons. The minimum atomic E-state index is -0.331. The number of carbonyl (C=O) groups is 2. The van der Waals surface area contributed by atoms with Gasteiger partial charge < -0.3 is 24.8 Å². The number of para-hydroxylation sites is 2. The molecule has 0 saturated heterocycles. The van der Waals surface area contributed by atoms with Gasteiger partial charge in [-0.15, -0.1) is 0 Å². The third-order valence-electron chi connectivity index (χ3n) is 4.74. The summed E-state index contributed by atoms with van der Waals surface area (Å²) >= 11 is 0. The summed E-state index contributed by atoms with van der Waals surface area (Å²) in [5.41, 5.74) is 1.70. The minimum Gasteiger partial charge on any atom is -0.495 e. The number of nitrogens with zero attached hydrogens (tertiary/aromatic N) is 3. The second kappa shape index (κ2) is 8.88. The van der Waals surface area contributed by atoms with Crippen LogP contribution in [0.1, 0.15) is 39.6 Å². The Kier molecular flexibility index (Phi) is 6.30. The van der Waals surface area contributed by atoms with Crippen LogP contribution < -0.4 is 15.4 Å². The minimum absolute atomic E-state index is 0.249. The first kappa shape index (κ1) is 19.9. The Morgan fingerprint density at radius 2 is 2.00 bits per heavy atom. The second-order valence-electron chi connectivity index (χ2n) is 7.05. The largest absolute Gasteiger partial charge is 0.495 e. The second-order valence-corrected chi connectivity index (χ2v) is 7.05. The molecule has 1 aliphatic heterocycles. The van der Waals surface area contributed by atoms with Crippen LogP contribution in [-0.2, 0) is 13.0 Å². The Bertz CT molecular complexity index is 860. The lowest BCUT2D eigenvalue weighted by molar-refractivity contribution is 0.0935. The zero-order chi connectivity index (χ0) is 20.1. The number of rotatable bonds is 7. The quantitative estimate of drug-likeness (QED) is 0.758. The molecule has 0 unspecified atom stereocenters. The van der Waals surface area contributed by atoms with Crippen molar-refractivity contribution in [1.82, 2.24) is 19.8 Å².